The second-order valence-corrected chi connectivity index (χ2v) is 6.21. The zero-order chi connectivity index (χ0) is 18.5. The van der Waals surface area contributed by atoms with E-state index >= 15 is 0 Å². The molecule has 3 aromatic carbocycles. The first-order valence-electron chi connectivity index (χ1n) is 7.74. The Kier molecular flexibility index (Phi) is 5.53. The summed E-state index contributed by atoms with van der Waals surface area (Å²) in [6.07, 6.45) is 0. The summed E-state index contributed by atoms with van der Waals surface area (Å²) in [6, 6.07) is 18.2. The molecule has 132 valence electrons. The molecule has 0 aliphatic rings. The van der Waals surface area contributed by atoms with Crippen molar-refractivity contribution in [3.8, 4) is 17.2 Å². The number of amides is 1. The number of methoxy groups -OCH3 is 1. The molecule has 3 aromatic rings. The Morgan fingerprint density at radius 1 is 1.00 bits per heavy atom. The normalized spacial score (nSPS) is 10.3. The van der Waals surface area contributed by atoms with Gasteiger partial charge in [-0.15, -0.1) is 0 Å². The van der Waals surface area contributed by atoms with Gasteiger partial charge in [-0.3, -0.25) is 4.79 Å². The first-order chi connectivity index (χ1) is 12.6. The average molecular weight is 416 g/mol. The van der Waals surface area contributed by atoms with Gasteiger partial charge in [0, 0.05) is 10.2 Å². The molecule has 1 amide bonds. The zero-order valence-corrected chi connectivity index (χ0v) is 15.4. The molecular weight excluding hydrogens is 401 g/mol. The molecule has 0 saturated heterocycles. The standard InChI is InChI=1S/C20H15BrFNO3/c1-25-18-4-2-3-5-19(18)26-15-9-7-14(8-10-15)23-20(24)16-11-6-13(22)12-17(16)21/h2-12H,1H3,(H,23,24). The third kappa shape index (κ3) is 4.21. The summed E-state index contributed by atoms with van der Waals surface area (Å²) in [7, 11) is 1.58. The third-order valence-corrected chi connectivity index (χ3v) is 4.24. The number of carbonyl (C=O) groups excluding carboxylic acids is 1. The van der Waals surface area contributed by atoms with Gasteiger partial charge in [0.2, 0.25) is 0 Å². The van der Waals surface area contributed by atoms with Crippen LogP contribution in [0.15, 0.2) is 71.2 Å². The van der Waals surface area contributed by atoms with Gasteiger partial charge in [-0.25, -0.2) is 4.39 Å². The predicted molar refractivity (Wildman–Crippen MR) is 102 cm³/mol. The van der Waals surface area contributed by atoms with Crippen LogP contribution < -0.4 is 14.8 Å². The Labute approximate surface area is 158 Å². The Balaban J connectivity index is 1.70. The van der Waals surface area contributed by atoms with Crippen molar-refractivity contribution in [2.24, 2.45) is 0 Å². The lowest BCUT2D eigenvalue weighted by Gasteiger charge is -2.11. The van der Waals surface area contributed by atoms with Gasteiger partial charge in [0.05, 0.1) is 12.7 Å². The Hall–Kier alpha value is -2.86. The van der Waals surface area contributed by atoms with Gasteiger partial charge < -0.3 is 14.8 Å². The highest BCUT2D eigenvalue weighted by molar-refractivity contribution is 9.10. The van der Waals surface area contributed by atoms with E-state index in [-0.39, 0.29) is 5.91 Å². The number of hydrogen-bond acceptors (Lipinski definition) is 3. The number of halogens is 2. The fourth-order valence-electron chi connectivity index (χ4n) is 2.31. The smallest absolute Gasteiger partial charge is 0.256 e. The van der Waals surface area contributed by atoms with Crippen LogP contribution in [0.3, 0.4) is 0 Å². The lowest BCUT2D eigenvalue weighted by molar-refractivity contribution is 0.102. The van der Waals surface area contributed by atoms with Gasteiger partial charge in [-0.2, -0.15) is 0 Å². The fourth-order valence-corrected chi connectivity index (χ4v) is 2.84. The van der Waals surface area contributed by atoms with Gasteiger partial charge in [0.25, 0.3) is 5.91 Å². The second kappa shape index (κ2) is 8.01. The van der Waals surface area contributed by atoms with Crippen molar-refractivity contribution in [3.05, 3.63) is 82.6 Å². The van der Waals surface area contributed by atoms with Gasteiger partial charge in [-0.1, -0.05) is 12.1 Å². The maximum Gasteiger partial charge on any atom is 0.256 e. The van der Waals surface area contributed by atoms with Crippen LogP contribution in [0.25, 0.3) is 0 Å². The van der Waals surface area contributed by atoms with Gasteiger partial charge in [0.15, 0.2) is 11.5 Å². The number of anilines is 1. The summed E-state index contributed by atoms with van der Waals surface area (Å²) in [4.78, 5) is 12.3. The topological polar surface area (TPSA) is 47.6 Å². The number of carbonyl (C=O) groups is 1. The Morgan fingerprint density at radius 2 is 1.69 bits per heavy atom. The number of ether oxygens (including phenoxy) is 2. The van der Waals surface area contributed by atoms with Crippen LogP contribution in [0.2, 0.25) is 0 Å². The fraction of sp³-hybridized carbons (Fsp3) is 0.0500. The lowest BCUT2D eigenvalue weighted by atomic mass is 10.2. The Bertz CT molecular complexity index is 929. The monoisotopic (exact) mass is 415 g/mol. The highest BCUT2D eigenvalue weighted by atomic mass is 79.9. The summed E-state index contributed by atoms with van der Waals surface area (Å²) >= 11 is 3.19. The molecule has 1 N–H and O–H groups in total. The maximum absolute atomic E-state index is 13.1. The van der Waals surface area contributed by atoms with E-state index in [1.54, 1.807) is 37.4 Å². The predicted octanol–water partition coefficient (Wildman–Crippen LogP) is 5.64. The molecule has 0 spiro atoms. The van der Waals surface area contributed by atoms with Gasteiger partial charge in [0.1, 0.15) is 11.6 Å². The van der Waals surface area contributed by atoms with E-state index in [0.717, 1.165) is 0 Å². The van der Waals surface area contributed by atoms with Crippen molar-refractivity contribution in [1.29, 1.82) is 0 Å². The molecule has 0 aliphatic carbocycles. The van der Waals surface area contributed by atoms with Crippen molar-refractivity contribution >= 4 is 27.5 Å². The van der Waals surface area contributed by atoms with E-state index in [4.69, 9.17) is 9.47 Å². The van der Waals surface area contributed by atoms with Crippen LogP contribution in [0.5, 0.6) is 17.2 Å². The van der Waals surface area contributed by atoms with Gasteiger partial charge in [-0.05, 0) is 70.5 Å². The van der Waals surface area contributed by atoms with E-state index in [1.807, 2.05) is 18.2 Å². The highest BCUT2D eigenvalue weighted by Gasteiger charge is 2.11. The molecule has 0 aliphatic heterocycles. The van der Waals surface area contributed by atoms with E-state index in [9.17, 15) is 9.18 Å². The molecule has 0 heterocycles. The van der Waals surface area contributed by atoms with E-state index in [1.165, 1.54) is 18.2 Å². The number of benzene rings is 3. The van der Waals surface area contributed by atoms with Crippen molar-refractivity contribution < 1.29 is 18.7 Å². The Morgan fingerprint density at radius 3 is 2.35 bits per heavy atom. The molecule has 0 saturated carbocycles. The average Bonchev–Trinajstić information content (AvgIpc) is 2.63. The summed E-state index contributed by atoms with van der Waals surface area (Å²) in [5.74, 6) is 1.09. The van der Waals surface area contributed by atoms with Crippen LogP contribution in [0.1, 0.15) is 10.4 Å². The number of hydrogen-bond donors (Lipinski definition) is 1. The molecule has 6 heteroatoms. The van der Waals surface area contributed by atoms with E-state index in [2.05, 4.69) is 21.2 Å². The molecule has 26 heavy (non-hydrogen) atoms. The summed E-state index contributed by atoms with van der Waals surface area (Å²) in [5, 5.41) is 2.76. The van der Waals surface area contributed by atoms with Crippen molar-refractivity contribution in [2.45, 2.75) is 0 Å². The number of rotatable bonds is 5. The third-order valence-electron chi connectivity index (χ3n) is 3.58. The van der Waals surface area contributed by atoms with Crippen LogP contribution >= 0.6 is 15.9 Å². The van der Waals surface area contributed by atoms with E-state index in [0.29, 0.717) is 33.0 Å². The van der Waals surface area contributed by atoms with Crippen LogP contribution in [-0.4, -0.2) is 13.0 Å². The van der Waals surface area contributed by atoms with Crippen molar-refractivity contribution in [3.63, 3.8) is 0 Å². The van der Waals surface area contributed by atoms with Crippen molar-refractivity contribution in [2.75, 3.05) is 12.4 Å². The SMILES string of the molecule is COc1ccccc1Oc1ccc(NC(=O)c2ccc(F)cc2Br)cc1. The first kappa shape index (κ1) is 17.9. The van der Waals surface area contributed by atoms with Crippen LogP contribution in [0.4, 0.5) is 10.1 Å². The largest absolute Gasteiger partial charge is 0.493 e. The molecule has 0 radical (unpaired) electrons. The molecular formula is C20H15BrFNO3. The second-order valence-electron chi connectivity index (χ2n) is 5.36. The molecule has 0 unspecified atom stereocenters. The minimum atomic E-state index is -0.411. The quantitative estimate of drug-likeness (QED) is 0.586. The number of para-hydroxylation sites is 2. The molecule has 0 fully saturated rings. The highest BCUT2D eigenvalue weighted by Crippen LogP contribution is 2.31. The molecule has 4 nitrogen and oxygen atoms in total. The first-order valence-corrected chi connectivity index (χ1v) is 8.53. The minimum Gasteiger partial charge on any atom is -0.493 e. The zero-order valence-electron chi connectivity index (χ0n) is 13.8. The molecule has 3 rings (SSSR count). The maximum atomic E-state index is 13.1. The van der Waals surface area contributed by atoms with E-state index < -0.39 is 5.82 Å². The van der Waals surface area contributed by atoms with Crippen LogP contribution in [-0.2, 0) is 0 Å². The minimum absolute atomic E-state index is 0.338. The molecule has 0 aromatic heterocycles. The summed E-state index contributed by atoms with van der Waals surface area (Å²) in [5.41, 5.74) is 0.944. The molecule has 0 atom stereocenters. The summed E-state index contributed by atoms with van der Waals surface area (Å²) in [6.45, 7) is 0. The van der Waals surface area contributed by atoms with Gasteiger partial charge >= 0.3 is 0 Å². The van der Waals surface area contributed by atoms with Crippen LogP contribution in [0, 0.1) is 5.82 Å². The summed E-state index contributed by atoms with van der Waals surface area (Å²) < 4.78 is 24.6. The lowest BCUT2D eigenvalue weighted by Crippen LogP contribution is -2.12. The number of nitrogens with one attached hydrogen (secondary N) is 1. The molecule has 0 bridgehead atoms. The van der Waals surface area contributed by atoms with Crippen molar-refractivity contribution in [1.82, 2.24) is 0 Å².